The summed E-state index contributed by atoms with van der Waals surface area (Å²) in [7, 11) is 1.45. The van der Waals surface area contributed by atoms with Crippen molar-refractivity contribution in [1.82, 2.24) is 10.4 Å². The monoisotopic (exact) mass is 341 g/mol. The van der Waals surface area contributed by atoms with E-state index in [1.54, 1.807) is 12.1 Å². The number of rotatable bonds is 4. The molecule has 1 saturated heterocycles. The van der Waals surface area contributed by atoms with Gasteiger partial charge < -0.3 is 0 Å². The summed E-state index contributed by atoms with van der Waals surface area (Å²) in [6.45, 7) is 3.67. The predicted octanol–water partition coefficient (Wildman–Crippen LogP) is 2.10. The molecule has 1 unspecified atom stereocenters. The fourth-order valence-corrected chi connectivity index (χ4v) is 2.09. The molecule has 1 aliphatic heterocycles. The van der Waals surface area contributed by atoms with E-state index in [0.717, 1.165) is 9.37 Å². The van der Waals surface area contributed by atoms with Crippen LogP contribution in [0.15, 0.2) is 28.7 Å². The number of amides is 3. The van der Waals surface area contributed by atoms with Crippen molar-refractivity contribution in [1.29, 1.82) is 0 Å². The molecule has 0 radical (unpaired) electrons. The van der Waals surface area contributed by atoms with Crippen LogP contribution in [0, 0.1) is 0 Å². The first-order valence-corrected chi connectivity index (χ1v) is 6.98. The number of hydroxylamine groups is 1. The quantitative estimate of drug-likeness (QED) is 0.672. The Labute approximate surface area is 125 Å². The summed E-state index contributed by atoms with van der Waals surface area (Å²) in [6, 6.07) is 6.76. The van der Waals surface area contributed by atoms with Crippen molar-refractivity contribution in [3.63, 3.8) is 0 Å². The van der Waals surface area contributed by atoms with Crippen molar-refractivity contribution in [3.05, 3.63) is 28.7 Å². The van der Waals surface area contributed by atoms with Gasteiger partial charge in [0.1, 0.15) is 0 Å². The van der Waals surface area contributed by atoms with E-state index < -0.39 is 6.17 Å². The second kappa shape index (κ2) is 5.90. The first-order chi connectivity index (χ1) is 9.41. The summed E-state index contributed by atoms with van der Waals surface area (Å²) < 4.78 is 0.899. The highest BCUT2D eigenvalue weighted by Crippen LogP contribution is 2.25. The molecular formula is C13H16BrN3O3. The van der Waals surface area contributed by atoms with E-state index in [4.69, 9.17) is 4.84 Å². The van der Waals surface area contributed by atoms with Crippen molar-refractivity contribution >= 4 is 33.6 Å². The molecule has 108 valence electrons. The van der Waals surface area contributed by atoms with Gasteiger partial charge in [0.05, 0.1) is 6.10 Å². The van der Waals surface area contributed by atoms with Crippen LogP contribution >= 0.6 is 15.9 Å². The van der Waals surface area contributed by atoms with Crippen LogP contribution in [-0.2, 0) is 9.63 Å². The second-order valence-corrected chi connectivity index (χ2v) is 5.63. The Kier molecular flexibility index (Phi) is 4.42. The summed E-state index contributed by atoms with van der Waals surface area (Å²) in [4.78, 5) is 32.0. The number of benzene rings is 1. The number of likely N-dealkylation sites (N-methyl/N-ethyl adjacent to an activating group) is 1. The molecule has 2 rings (SSSR count). The zero-order valence-corrected chi connectivity index (χ0v) is 13.0. The number of nitrogens with one attached hydrogen (secondary N) is 1. The van der Waals surface area contributed by atoms with Crippen LogP contribution in [0.5, 0.6) is 0 Å². The van der Waals surface area contributed by atoms with E-state index in [9.17, 15) is 9.59 Å². The van der Waals surface area contributed by atoms with Crippen molar-refractivity contribution in [2.75, 3.05) is 11.9 Å². The Morgan fingerprint density at radius 2 is 1.85 bits per heavy atom. The van der Waals surface area contributed by atoms with Gasteiger partial charge in [-0.25, -0.2) is 4.79 Å². The Balaban J connectivity index is 2.28. The lowest BCUT2D eigenvalue weighted by Gasteiger charge is -2.23. The smallest absolute Gasteiger partial charge is 0.297 e. The average Bonchev–Trinajstić information content (AvgIpc) is 2.62. The van der Waals surface area contributed by atoms with Gasteiger partial charge in [0.25, 0.3) is 5.91 Å². The minimum atomic E-state index is -0.851. The zero-order chi connectivity index (χ0) is 14.9. The number of carbonyl (C=O) groups is 2. The molecule has 1 heterocycles. The number of halogens is 1. The maximum absolute atomic E-state index is 12.2. The van der Waals surface area contributed by atoms with Gasteiger partial charge in [-0.1, -0.05) is 15.9 Å². The van der Waals surface area contributed by atoms with Crippen LogP contribution in [0.1, 0.15) is 13.8 Å². The number of imide groups is 1. The fourth-order valence-electron chi connectivity index (χ4n) is 1.83. The number of carbonyl (C=O) groups excluding carboxylic acids is 2. The molecule has 0 saturated carbocycles. The van der Waals surface area contributed by atoms with Crippen molar-refractivity contribution in [3.8, 4) is 0 Å². The van der Waals surface area contributed by atoms with Crippen LogP contribution in [0.25, 0.3) is 0 Å². The van der Waals surface area contributed by atoms with Crippen molar-refractivity contribution in [2.24, 2.45) is 0 Å². The molecule has 1 aromatic carbocycles. The summed E-state index contributed by atoms with van der Waals surface area (Å²) >= 11 is 3.34. The first kappa shape index (κ1) is 15.0. The largest absolute Gasteiger partial charge is 0.332 e. The topological polar surface area (TPSA) is 61.9 Å². The molecule has 1 fully saturated rings. The summed E-state index contributed by atoms with van der Waals surface area (Å²) in [5.41, 5.74) is 3.28. The fraction of sp³-hybridized carbons (Fsp3) is 0.385. The molecule has 0 aromatic heterocycles. The normalized spacial score (nSPS) is 19.4. The molecule has 1 atom stereocenters. The Hall–Kier alpha value is -1.44. The molecule has 1 N–H and O–H groups in total. The molecule has 6 nitrogen and oxygen atoms in total. The van der Waals surface area contributed by atoms with Gasteiger partial charge in [-0.05, 0) is 38.1 Å². The Morgan fingerprint density at radius 1 is 1.25 bits per heavy atom. The number of hydrogen-bond acceptors (Lipinski definition) is 4. The molecule has 1 aliphatic rings. The minimum absolute atomic E-state index is 0.101. The number of anilines is 1. The third-order valence-corrected chi connectivity index (χ3v) is 3.36. The summed E-state index contributed by atoms with van der Waals surface area (Å²) in [5, 5.41) is 0. The van der Waals surface area contributed by atoms with Crippen molar-refractivity contribution < 1.29 is 14.4 Å². The highest BCUT2D eigenvalue weighted by Gasteiger charge is 2.44. The Bertz CT molecular complexity index is 518. The van der Waals surface area contributed by atoms with Crippen LogP contribution in [0.4, 0.5) is 10.5 Å². The molecule has 1 aromatic rings. The van der Waals surface area contributed by atoms with E-state index >= 15 is 0 Å². The molecular weight excluding hydrogens is 326 g/mol. The molecule has 20 heavy (non-hydrogen) atoms. The van der Waals surface area contributed by atoms with Crippen molar-refractivity contribution in [2.45, 2.75) is 26.1 Å². The lowest BCUT2D eigenvalue weighted by molar-refractivity contribution is -0.131. The highest BCUT2D eigenvalue weighted by molar-refractivity contribution is 9.10. The minimum Gasteiger partial charge on any atom is -0.297 e. The molecule has 7 heteroatoms. The summed E-state index contributed by atoms with van der Waals surface area (Å²) in [6.07, 6.45) is -0.952. The average molecular weight is 342 g/mol. The van der Waals surface area contributed by atoms with Crippen LogP contribution in [0.2, 0.25) is 0 Å². The number of hydrogen-bond donors (Lipinski definition) is 1. The molecule has 0 spiro atoms. The molecule has 0 bridgehead atoms. The third kappa shape index (κ3) is 2.84. The standard InChI is InChI=1S/C13H16BrN3O3/c1-8(2)20-15-11-12(18)16(3)13(19)17(11)10-6-4-9(14)5-7-10/h4-8,11,15H,1-3H3. The van der Waals surface area contributed by atoms with E-state index in [0.29, 0.717) is 5.69 Å². The predicted molar refractivity (Wildman–Crippen MR) is 77.9 cm³/mol. The lowest BCUT2D eigenvalue weighted by Crippen LogP contribution is -2.47. The SMILES string of the molecule is CC(C)ONC1C(=O)N(C)C(=O)N1c1ccc(Br)cc1. The third-order valence-electron chi connectivity index (χ3n) is 2.84. The molecule has 3 amide bonds. The van der Waals surface area contributed by atoms with Gasteiger partial charge in [-0.15, -0.1) is 0 Å². The van der Waals surface area contributed by atoms with Gasteiger partial charge >= 0.3 is 6.03 Å². The van der Waals surface area contributed by atoms with E-state index in [1.807, 2.05) is 26.0 Å². The van der Waals surface area contributed by atoms with Gasteiger partial charge in [-0.3, -0.25) is 19.4 Å². The summed E-state index contributed by atoms with van der Waals surface area (Å²) in [5.74, 6) is -0.349. The van der Waals surface area contributed by atoms with Gasteiger partial charge in [0, 0.05) is 17.2 Å². The highest BCUT2D eigenvalue weighted by atomic mass is 79.9. The van der Waals surface area contributed by atoms with Gasteiger partial charge in [-0.2, -0.15) is 5.48 Å². The number of nitrogens with zero attached hydrogens (tertiary/aromatic N) is 2. The van der Waals surface area contributed by atoms with Crippen LogP contribution < -0.4 is 10.4 Å². The molecule has 0 aliphatic carbocycles. The first-order valence-electron chi connectivity index (χ1n) is 6.19. The maximum atomic E-state index is 12.2. The lowest BCUT2D eigenvalue weighted by atomic mass is 10.3. The van der Waals surface area contributed by atoms with E-state index in [2.05, 4.69) is 21.4 Å². The zero-order valence-electron chi connectivity index (χ0n) is 11.5. The second-order valence-electron chi connectivity index (χ2n) is 4.71. The van der Waals surface area contributed by atoms with E-state index in [-0.39, 0.29) is 18.0 Å². The van der Waals surface area contributed by atoms with Crippen LogP contribution in [0.3, 0.4) is 0 Å². The number of urea groups is 1. The van der Waals surface area contributed by atoms with Crippen LogP contribution in [-0.4, -0.2) is 36.2 Å². The van der Waals surface area contributed by atoms with E-state index in [1.165, 1.54) is 11.9 Å². The van der Waals surface area contributed by atoms with Gasteiger partial charge in [0.15, 0.2) is 6.17 Å². The maximum Gasteiger partial charge on any atom is 0.332 e. The van der Waals surface area contributed by atoms with Gasteiger partial charge in [0.2, 0.25) is 0 Å². The Morgan fingerprint density at radius 3 is 2.40 bits per heavy atom.